The minimum Gasteiger partial charge on any atom is -0.368 e. The van der Waals surface area contributed by atoms with E-state index < -0.39 is 11.2 Å². The van der Waals surface area contributed by atoms with Crippen molar-refractivity contribution in [2.24, 2.45) is 0 Å². The molecule has 150 valence electrons. The Morgan fingerprint density at radius 2 is 1.93 bits per heavy atom. The van der Waals surface area contributed by atoms with Gasteiger partial charge in [-0.15, -0.1) is 0 Å². The number of aromatic amines is 1. The van der Waals surface area contributed by atoms with Crippen LogP contribution < -0.4 is 16.1 Å². The largest absolute Gasteiger partial charge is 0.368 e. The standard InChI is InChI=1S/C20H21N5O3S/c1-12-3-2-4-14(11-12)23-7-9-24(10-8-23)19(27)17-15-16(22-29-17)18(26)25(13-5-6-13)20(28)21-15/h2-4,11,13H,5-10H2,1H3,(H,21,28). The number of hydrogen-bond donors (Lipinski definition) is 1. The van der Waals surface area contributed by atoms with Gasteiger partial charge in [-0.25, -0.2) is 4.79 Å². The summed E-state index contributed by atoms with van der Waals surface area (Å²) in [6.07, 6.45) is 1.66. The van der Waals surface area contributed by atoms with Gasteiger partial charge in [0.25, 0.3) is 11.5 Å². The zero-order valence-corrected chi connectivity index (χ0v) is 16.9. The summed E-state index contributed by atoms with van der Waals surface area (Å²) < 4.78 is 5.43. The Bertz CT molecular complexity index is 1210. The molecular weight excluding hydrogens is 390 g/mol. The molecule has 5 rings (SSSR count). The number of nitrogens with zero attached hydrogens (tertiary/aromatic N) is 4. The maximum atomic E-state index is 13.1. The van der Waals surface area contributed by atoms with E-state index in [0.29, 0.717) is 18.0 Å². The summed E-state index contributed by atoms with van der Waals surface area (Å²) in [5.74, 6) is -0.180. The van der Waals surface area contributed by atoms with Crippen molar-refractivity contribution < 1.29 is 4.79 Å². The molecule has 1 amide bonds. The summed E-state index contributed by atoms with van der Waals surface area (Å²) in [4.78, 5) is 45.2. The van der Waals surface area contributed by atoms with Crippen LogP contribution in [0.3, 0.4) is 0 Å². The molecule has 1 saturated heterocycles. The predicted octanol–water partition coefficient (Wildman–Crippen LogP) is 1.75. The third kappa shape index (κ3) is 3.15. The fourth-order valence-corrected chi connectivity index (χ4v) is 4.67. The van der Waals surface area contributed by atoms with E-state index in [0.717, 1.165) is 43.2 Å². The molecule has 1 aliphatic heterocycles. The van der Waals surface area contributed by atoms with Gasteiger partial charge in [0.1, 0.15) is 4.88 Å². The van der Waals surface area contributed by atoms with E-state index in [9.17, 15) is 14.4 Å². The molecule has 2 aliphatic rings. The van der Waals surface area contributed by atoms with Crippen LogP contribution in [0.1, 0.15) is 34.1 Å². The van der Waals surface area contributed by atoms with Gasteiger partial charge < -0.3 is 14.8 Å². The van der Waals surface area contributed by atoms with Crippen molar-refractivity contribution in [3.05, 3.63) is 55.5 Å². The van der Waals surface area contributed by atoms with Crippen LogP contribution in [0.15, 0.2) is 33.9 Å². The molecule has 0 atom stereocenters. The highest BCUT2D eigenvalue weighted by molar-refractivity contribution is 7.09. The molecule has 1 saturated carbocycles. The maximum Gasteiger partial charge on any atom is 0.329 e. The number of fused-ring (bicyclic) bond motifs is 1. The number of amides is 1. The van der Waals surface area contributed by atoms with Crippen molar-refractivity contribution >= 4 is 34.2 Å². The zero-order chi connectivity index (χ0) is 20.1. The van der Waals surface area contributed by atoms with Gasteiger partial charge in [0.2, 0.25) is 0 Å². The lowest BCUT2D eigenvalue weighted by molar-refractivity contribution is 0.0753. The second-order valence-corrected chi connectivity index (χ2v) is 8.46. The van der Waals surface area contributed by atoms with Crippen molar-refractivity contribution in [2.45, 2.75) is 25.8 Å². The Hall–Kier alpha value is -2.94. The first-order chi connectivity index (χ1) is 14.0. The number of piperazine rings is 1. The van der Waals surface area contributed by atoms with Gasteiger partial charge in [-0.1, -0.05) is 12.1 Å². The monoisotopic (exact) mass is 411 g/mol. The molecule has 0 unspecified atom stereocenters. The van der Waals surface area contributed by atoms with Gasteiger partial charge >= 0.3 is 5.69 Å². The third-order valence-electron chi connectivity index (χ3n) is 5.60. The molecule has 0 radical (unpaired) electrons. The molecule has 1 N–H and O–H groups in total. The Balaban J connectivity index is 1.38. The molecule has 2 fully saturated rings. The first-order valence-electron chi connectivity index (χ1n) is 9.78. The Kier molecular flexibility index (Phi) is 4.27. The van der Waals surface area contributed by atoms with Crippen molar-refractivity contribution in [1.29, 1.82) is 0 Å². The third-order valence-corrected chi connectivity index (χ3v) is 6.44. The summed E-state index contributed by atoms with van der Waals surface area (Å²) in [7, 11) is 0. The average molecular weight is 411 g/mol. The summed E-state index contributed by atoms with van der Waals surface area (Å²) >= 11 is 0.989. The number of carbonyl (C=O) groups excluding carboxylic acids is 1. The number of aromatic nitrogens is 3. The molecule has 1 aromatic carbocycles. The molecular formula is C20H21N5O3S. The van der Waals surface area contributed by atoms with E-state index in [1.165, 1.54) is 10.1 Å². The van der Waals surface area contributed by atoms with Gasteiger partial charge in [-0.3, -0.25) is 14.2 Å². The van der Waals surface area contributed by atoms with Crippen LogP contribution in [0.4, 0.5) is 5.69 Å². The fourth-order valence-electron chi connectivity index (χ4n) is 3.87. The van der Waals surface area contributed by atoms with Gasteiger partial charge in [-0.2, -0.15) is 4.37 Å². The van der Waals surface area contributed by atoms with Gasteiger partial charge in [0, 0.05) is 37.9 Å². The number of carbonyl (C=O) groups is 1. The van der Waals surface area contributed by atoms with E-state index >= 15 is 0 Å². The topological polar surface area (TPSA) is 91.3 Å². The molecule has 2 aromatic heterocycles. The van der Waals surface area contributed by atoms with Gasteiger partial charge in [0.15, 0.2) is 5.52 Å². The molecule has 3 aromatic rings. The van der Waals surface area contributed by atoms with Crippen LogP contribution in [-0.2, 0) is 0 Å². The average Bonchev–Trinajstić information content (AvgIpc) is 3.46. The predicted molar refractivity (Wildman–Crippen MR) is 112 cm³/mol. The SMILES string of the molecule is Cc1cccc(N2CCN(C(=O)c3snc4c(=O)n(C5CC5)c(=O)[nH]c34)CC2)c1. The van der Waals surface area contributed by atoms with Crippen LogP contribution in [0.5, 0.6) is 0 Å². The van der Waals surface area contributed by atoms with Gasteiger partial charge in [-0.05, 0) is 49.0 Å². The van der Waals surface area contributed by atoms with Crippen LogP contribution in [0.2, 0.25) is 0 Å². The molecule has 1 aliphatic carbocycles. The first kappa shape index (κ1) is 18.1. The molecule has 29 heavy (non-hydrogen) atoms. The number of benzene rings is 1. The van der Waals surface area contributed by atoms with E-state index in [2.05, 4.69) is 39.4 Å². The van der Waals surface area contributed by atoms with Crippen LogP contribution in [0, 0.1) is 6.92 Å². The smallest absolute Gasteiger partial charge is 0.329 e. The molecule has 9 heteroatoms. The normalized spacial score (nSPS) is 17.1. The lowest BCUT2D eigenvalue weighted by Crippen LogP contribution is -2.48. The lowest BCUT2D eigenvalue weighted by Gasteiger charge is -2.36. The van der Waals surface area contributed by atoms with E-state index in [1.54, 1.807) is 4.90 Å². The Labute approximate surface area is 170 Å². The maximum absolute atomic E-state index is 13.1. The van der Waals surface area contributed by atoms with Crippen molar-refractivity contribution in [3.63, 3.8) is 0 Å². The minimum absolute atomic E-state index is 0.0359. The Morgan fingerprint density at radius 1 is 1.17 bits per heavy atom. The van der Waals surface area contributed by atoms with Crippen LogP contribution in [0.25, 0.3) is 11.0 Å². The first-order valence-corrected chi connectivity index (χ1v) is 10.6. The van der Waals surface area contributed by atoms with Crippen molar-refractivity contribution in [2.75, 3.05) is 31.1 Å². The summed E-state index contributed by atoms with van der Waals surface area (Å²) in [5.41, 5.74) is 1.97. The van der Waals surface area contributed by atoms with Gasteiger partial charge in [0.05, 0.1) is 5.52 Å². The quantitative estimate of drug-likeness (QED) is 0.709. The number of nitrogens with one attached hydrogen (secondary N) is 1. The molecule has 3 heterocycles. The van der Waals surface area contributed by atoms with Crippen molar-refractivity contribution in [1.82, 2.24) is 18.8 Å². The lowest BCUT2D eigenvalue weighted by atomic mass is 10.2. The number of rotatable bonds is 3. The number of hydrogen-bond acceptors (Lipinski definition) is 6. The summed E-state index contributed by atoms with van der Waals surface area (Å²) in [5, 5.41) is 0. The minimum atomic E-state index is -0.455. The van der Waals surface area contributed by atoms with Crippen molar-refractivity contribution in [3.8, 4) is 0 Å². The van der Waals surface area contributed by atoms with E-state index in [4.69, 9.17) is 0 Å². The highest BCUT2D eigenvalue weighted by Gasteiger charge is 2.31. The summed E-state index contributed by atoms with van der Waals surface area (Å²) in [6, 6.07) is 8.29. The molecule has 0 spiro atoms. The second kappa shape index (κ2) is 6.84. The number of H-pyrrole nitrogens is 1. The number of anilines is 1. The van der Waals surface area contributed by atoms with Crippen LogP contribution >= 0.6 is 11.5 Å². The summed E-state index contributed by atoms with van der Waals surface area (Å²) in [6.45, 7) is 4.69. The van der Waals surface area contributed by atoms with E-state index in [1.807, 2.05) is 6.07 Å². The van der Waals surface area contributed by atoms with Crippen LogP contribution in [-0.4, -0.2) is 50.9 Å². The molecule has 8 nitrogen and oxygen atoms in total. The fraction of sp³-hybridized carbons (Fsp3) is 0.400. The number of aryl methyl sites for hydroxylation is 1. The highest BCUT2D eigenvalue weighted by Crippen LogP contribution is 2.32. The van der Waals surface area contributed by atoms with E-state index in [-0.39, 0.29) is 23.0 Å². The highest BCUT2D eigenvalue weighted by atomic mass is 32.1. The Morgan fingerprint density at radius 3 is 2.62 bits per heavy atom. The second-order valence-electron chi connectivity index (χ2n) is 7.69. The zero-order valence-electron chi connectivity index (χ0n) is 16.1. The molecule has 0 bridgehead atoms.